The van der Waals surface area contributed by atoms with Crippen LogP contribution in [0.2, 0.25) is 0 Å². The Hall–Kier alpha value is -2.57. The van der Waals surface area contributed by atoms with Gasteiger partial charge in [0, 0.05) is 13.0 Å². The second kappa shape index (κ2) is 8.57. The zero-order valence-electron chi connectivity index (χ0n) is 11.7. The zero-order chi connectivity index (χ0) is 15.7. The minimum absolute atomic E-state index is 0.221. The minimum atomic E-state index is -1.08. The zero-order valence-corrected chi connectivity index (χ0v) is 11.7. The van der Waals surface area contributed by atoms with E-state index in [4.69, 9.17) is 9.84 Å². The maximum Gasteiger partial charge on any atom is 0.321 e. The molecule has 1 rings (SSSR count). The highest BCUT2D eigenvalue weighted by molar-refractivity contribution is 5.95. The Labute approximate surface area is 122 Å². The summed E-state index contributed by atoms with van der Waals surface area (Å²) in [6, 6.07) is 6.79. The van der Waals surface area contributed by atoms with E-state index in [0.717, 1.165) is 11.3 Å². The van der Waals surface area contributed by atoms with Gasteiger partial charge in [-0.25, -0.2) is 4.79 Å². The van der Waals surface area contributed by atoms with E-state index >= 15 is 0 Å². The number of carbonyl (C=O) groups is 3. The largest absolute Gasteiger partial charge is 0.497 e. The number of amides is 3. The molecular weight excluding hydrogens is 276 g/mol. The van der Waals surface area contributed by atoms with Crippen molar-refractivity contribution in [3.05, 3.63) is 29.8 Å². The fraction of sp³-hybridized carbons (Fsp3) is 0.357. The molecule has 0 radical (unpaired) electrons. The minimum Gasteiger partial charge on any atom is -0.497 e. The van der Waals surface area contributed by atoms with Gasteiger partial charge in [-0.1, -0.05) is 12.1 Å². The predicted molar refractivity (Wildman–Crippen MR) is 75.1 cm³/mol. The van der Waals surface area contributed by atoms with Crippen LogP contribution in [-0.4, -0.2) is 36.7 Å². The van der Waals surface area contributed by atoms with Crippen LogP contribution >= 0.6 is 0 Å². The quantitative estimate of drug-likeness (QED) is 0.694. The van der Waals surface area contributed by atoms with Crippen LogP contribution in [-0.2, 0) is 16.0 Å². The van der Waals surface area contributed by atoms with Crippen LogP contribution in [0.25, 0.3) is 0 Å². The van der Waals surface area contributed by atoms with Crippen molar-refractivity contribution >= 4 is 17.9 Å². The third kappa shape index (κ3) is 6.95. The van der Waals surface area contributed by atoms with Crippen LogP contribution in [0.4, 0.5) is 4.79 Å². The molecule has 0 aliphatic carbocycles. The Morgan fingerprint density at radius 3 is 2.38 bits per heavy atom. The normalized spacial score (nSPS) is 9.76. The highest BCUT2D eigenvalue weighted by Gasteiger charge is 2.09. The summed E-state index contributed by atoms with van der Waals surface area (Å²) < 4.78 is 5.04. The van der Waals surface area contributed by atoms with Crippen molar-refractivity contribution in [3.63, 3.8) is 0 Å². The van der Waals surface area contributed by atoms with Gasteiger partial charge in [-0.15, -0.1) is 0 Å². The van der Waals surface area contributed by atoms with Crippen LogP contribution in [0.15, 0.2) is 24.3 Å². The van der Waals surface area contributed by atoms with Crippen LogP contribution < -0.4 is 15.4 Å². The molecule has 114 valence electrons. The molecule has 1 aromatic rings. The third-order valence-corrected chi connectivity index (χ3v) is 2.68. The summed E-state index contributed by atoms with van der Waals surface area (Å²) in [6.07, 6.45) is 0.0902. The summed E-state index contributed by atoms with van der Waals surface area (Å²) in [6.45, 7) is 0.365. The second-order valence-corrected chi connectivity index (χ2v) is 4.30. The first kappa shape index (κ1) is 16.5. The molecule has 0 aliphatic rings. The topological polar surface area (TPSA) is 105 Å². The molecule has 0 saturated carbocycles. The van der Waals surface area contributed by atoms with Gasteiger partial charge < -0.3 is 15.2 Å². The van der Waals surface area contributed by atoms with Crippen LogP contribution in [0.1, 0.15) is 18.4 Å². The van der Waals surface area contributed by atoms with E-state index in [1.54, 1.807) is 7.11 Å². The van der Waals surface area contributed by atoms with Crippen molar-refractivity contribution in [1.29, 1.82) is 0 Å². The molecule has 1 aromatic carbocycles. The van der Waals surface area contributed by atoms with Crippen LogP contribution in [0.5, 0.6) is 5.75 Å². The van der Waals surface area contributed by atoms with E-state index in [9.17, 15) is 14.4 Å². The van der Waals surface area contributed by atoms with Crippen molar-refractivity contribution in [2.75, 3.05) is 13.7 Å². The van der Waals surface area contributed by atoms with Crippen LogP contribution in [0.3, 0.4) is 0 Å². The molecule has 0 saturated heterocycles. The molecule has 0 spiro atoms. The summed E-state index contributed by atoms with van der Waals surface area (Å²) in [4.78, 5) is 32.9. The third-order valence-electron chi connectivity index (χ3n) is 2.68. The molecular formula is C14H18N2O5. The number of methoxy groups -OCH3 is 1. The first-order chi connectivity index (χ1) is 10.0. The smallest absolute Gasteiger partial charge is 0.321 e. The summed E-state index contributed by atoms with van der Waals surface area (Å²) in [5.41, 5.74) is 1.02. The number of aliphatic carboxylic acids is 1. The number of urea groups is 1. The molecule has 0 bridgehead atoms. The first-order valence-corrected chi connectivity index (χ1v) is 6.43. The van der Waals surface area contributed by atoms with E-state index in [0.29, 0.717) is 13.0 Å². The molecule has 7 nitrogen and oxygen atoms in total. The first-order valence-electron chi connectivity index (χ1n) is 6.43. The lowest BCUT2D eigenvalue weighted by molar-refractivity contribution is -0.138. The van der Waals surface area contributed by atoms with E-state index in [1.807, 2.05) is 24.3 Å². The van der Waals surface area contributed by atoms with E-state index in [-0.39, 0.29) is 12.8 Å². The molecule has 3 amide bonds. The average molecular weight is 294 g/mol. The number of imide groups is 1. The van der Waals surface area contributed by atoms with Crippen molar-refractivity contribution in [1.82, 2.24) is 10.6 Å². The molecule has 0 heterocycles. The Kier molecular flexibility index (Phi) is 6.73. The average Bonchev–Trinajstić information content (AvgIpc) is 2.46. The van der Waals surface area contributed by atoms with Gasteiger partial charge in [0.25, 0.3) is 0 Å². The molecule has 21 heavy (non-hydrogen) atoms. The van der Waals surface area contributed by atoms with E-state index in [2.05, 4.69) is 10.6 Å². The molecule has 0 aliphatic heterocycles. The number of carbonyl (C=O) groups excluding carboxylic acids is 2. The number of benzene rings is 1. The fourth-order valence-corrected chi connectivity index (χ4v) is 1.57. The lowest BCUT2D eigenvalue weighted by Gasteiger charge is -2.07. The number of nitrogens with one attached hydrogen (secondary N) is 2. The Bertz CT molecular complexity index is 499. The number of ether oxygens (including phenoxy) is 1. The molecule has 0 aromatic heterocycles. The van der Waals surface area contributed by atoms with Crippen molar-refractivity contribution in [3.8, 4) is 5.75 Å². The van der Waals surface area contributed by atoms with E-state index in [1.165, 1.54) is 0 Å². The maximum atomic E-state index is 11.4. The summed E-state index contributed by atoms with van der Waals surface area (Å²) >= 11 is 0. The van der Waals surface area contributed by atoms with Gasteiger partial charge in [-0.3, -0.25) is 14.9 Å². The number of hydrogen-bond acceptors (Lipinski definition) is 4. The van der Waals surface area contributed by atoms with Gasteiger partial charge >= 0.3 is 12.0 Å². The Morgan fingerprint density at radius 1 is 1.14 bits per heavy atom. The second-order valence-electron chi connectivity index (χ2n) is 4.30. The van der Waals surface area contributed by atoms with Gasteiger partial charge in [0.15, 0.2) is 0 Å². The van der Waals surface area contributed by atoms with Gasteiger partial charge in [0.2, 0.25) is 5.91 Å². The number of rotatable bonds is 7. The monoisotopic (exact) mass is 294 g/mol. The lowest BCUT2D eigenvalue weighted by Crippen LogP contribution is -2.40. The summed E-state index contributed by atoms with van der Waals surface area (Å²) in [5, 5.41) is 13.0. The highest BCUT2D eigenvalue weighted by atomic mass is 16.5. The molecule has 0 atom stereocenters. The Balaban J connectivity index is 2.23. The standard InChI is InChI=1S/C14H18N2O5/c1-21-11-4-2-10(3-5-11)8-9-15-14(20)16-12(17)6-7-13(18)19/h2-5H,6-9H2,1H3,(H,18,19)(H2,15,16,17,20). The predicted octanol–water partition coefficient (Wildman–Crippen LogP) is 0.928. The fourth-order valence-electron chi connectivity index (χ4n) is 1.57. The lowest BCUT2D eigenvalue weighted by atomic mass is 10.1. The number of hydrogen-bond donors (Lipinski definition) is 3. The van der Waals surface area contributed by atoms with Crippen molar-refractivity contribution in [2.24, 2.45) is 0 Å². The SMILES string of the molecule is COc1ccc(CCNC(=O)NC(=O)CCC(=O)O)cc1. The summed E-state index contributed by atoms with van der Waals surface area (Å²) in [5.74, 6) is -0.933. The molecule has 3 N–H and O–H groups in total. The van der Waals surface area contributed by atoms with Crippen molar-refractivity contribution < 1.29 is 24.2 Å². The van der Waals surface area contributed by atoms with Gasteiger partial charge in [-0.2, -0.15) is 0 Å². The van der Waals surface area contributed by atoms with Crippen molar-refractivity contribution in [2.45, 2.75) is 19.3 Å². The molecule has 0 unspecified atom stereocenters. The molecule has 7 heteroatoms. The maximum absolute atomic E-state index is 11.4. The van der Waals surface area contributed by atoms with Gasteiger partial charge in [0.05, 0.1) is 13.5 Å². The van der Waals surface area contributed by atoms with Gasteiger partial charge in [0.1, 0.15) is 5.75 Å². The highest BCUT2D eigenvalue weighted by Crippen LogP contribution is 2.11. The number of carboxylic acid groups (broad SMARTS) is 1. The summed E-state index contributed by atoms with van der Waals surface area (Å²) in [7, 11) is 1.59. The van der Waals surface area contributed by atoms with E-state index < -0.39 is 17.9 Å². The van der Waals surface area contributed by atoms with Crippen LogP contribution in [0, 0.1) is 0 Å². The molecule has 0 fully saturated rings. The Morgan fingerprint density at radius 2 is 1.81 bits per heavy atom. The number of carboxylic acids is 1. The van der Waals surface area contributed by atoms with Gasteiger partial charge in [-0.05, 0) is 24.1 Å².